The largest absolute Gasteiger partial charge is 0.384 e. The van der Waals surface area contributed by atoms with Gasteiger partial charge < -0.3 is 5.73 Å². The molecule has 4 heteroatoms. The highest BCUT2D eigenvalue weighted by atomic mass is 15.3. The average Bonchev–Trinajstić information content (AvgIpc) is 3.18. The van der Waals surface area contributed by atoms with E-state index in [1.54, 1.807) is 16.8 Å². The van der Waals surface area contributed by atoms with E-state index in [-0.39, 0.29) is 0 Å². The number of hydrogen-bond donors (Lipinski definition) is 1. The number of hydrogen-bond acceptors (Lipinski definition) is 3. The summed E-state index contributed by atoms with van der Waals surface area (Å²) in [6.07, 6.45) is 7.03. The van der Waals surface area contributed by atoms with Crippen molar-refractivity contribution in [3.8, 4) is 11.3 Å². The summed E-state index contributed by atoms with van der Waals surface area (Å²) in [5.74, 6) is 1.32. The first-order valence-electron chi connectivity index (χ1n) is 7.52. The molecule has 1 fully saturated rings. The Labute approximate surface area is 123 Å². The average molecular weight is 278 g/mol. The lowest BCUT2D eigenvalue weighted by Crippen LogP contribution is -1.98. The first-order chi connectivity index (χ1) is 10.3. The second-order valence-corrected chi connectivity index (χ2v) is 5.78. The Bertz CT molecular complexity index is 784. The minimum absolute atomic E-state index is 0.609. The minimum Gasteiger partial charge on any atom is -0.384 e. The van der Waals surface area contributed by atoms with Gasteiger partial charge in [-0.2, -0.15) is 9.61 Å². The van der Waals surface area contributed by atoms with Crippen LogP contribution in [-0.2, 0) is 0 Å². The van der Waals surface area contributed by atoms with Gasteiger partial charge in [-0.3, -0.25) is 0 Å². The van der Waals surface area contributed by atoms with Gasteiger partial charge in [0.2, 0.25) is 0 Å². The van der Waals surface area contributed by atoms with Crippen LogP contribution in [0.2, 0.25) is 0 Å². The summed E-state index contributed by atoms with van der Waals surface area (Å²) < 4.78 is 1.69. The zero-order chi connectivity index (χ0) is 14.2. The van der Waals surface area contributed by atoms with Crippen LogP contribution in [0.1, 0.15) is 37.2 Å². The highest BCUT2D eigenvalue weighted by molar-refractivity contribution is 5.65. The molecule has 3 aromatic rings. The molecule has 0 saturated heterocycles. The molecule has 1 aromatic carbocycles. The van der Waals surface area contributed by atoms with Crippen LogP contribution in [0.3, 0.4) is 0 Å². The fourth-order valence-corrected chi connectivity index (χ4v) is 3.27. The number of rotatable bonds is 2. The third kappa shape index (κ3) is 2.17. The van der Waals surface area contributed by atoms with Gasteiger partial charge >= 0.3 is 0 Å². The van der Waals surface area contributed by atoms with E-state index in [0.29, 0.717) is 11.7 Å². The Morgan fingerprint density at radius 2 is 1.95 bits per heavy atom. The molecule has 1 aliphatic rings. The van der Waals surface area contributed by atoms with Crippen LogP contribution in [0, 0.1) is 0 Å². The van der Waals surface area contributed by atoms with Crippen molar-refractivity contribution in [1.29, 1.82) is 0 Å². The molecular weight excluding hydrogens is 260 g/mol. The molecule has 2 heterocycles. The quantitative estimate of drug-likeness (QED) is 0.778. The molecule has 0 amide bonds. The molecule has 0 bridgehead atoms. The summed E-state index contributed by atoms with van der Waals surface area (Å²) in [4.78, 5) is 4.31. The van der Waals surface area contributed by atoms with Gasteiger partial charge in [0.15, 0.2) is 5.65 Å². The number of nitrogens with zero attached hydrogens (tertiary/aromatic N) is 3. The number of fused-ring (bicyclic) bond motifs is 1. The number of anilines is 1. The van der Waals surface area contributed by atoms with Crippen molar-refractivity contribution in [3.05, 3.63) is 48.2 Å². The molecule has 1 saturated carbocycles. The van der Waals surface area contributed by atoms with Crippen LogP contribution in [0.4, 0.5) is 5.82 Å². The van der Waals surface area contributed by atoms with E-state index in [9.17, 15) is 0 Å². The van der Waals surface area contributed by atoms with E-state index in [4.69, 9.17) is 5.73 Å². The minimum atomic E-state index is 0.609. The van der Waals surface area contributed by atoms with E-state index in [1.807, 2.05) is 6.07 Å². The zero-order valence-corrected chi connectivity index (χ0v) is 11.9. The molecule has 106 valence electrons. The summed E-state index contributed by atoms with van der Waals surface area (Å²) in [6, 6.07) is 12.5. The van der Waals surface area contributed by atoms with Gasteiger partial charge in [0, 0.05) is 17.8 Å². The van der Waals surface area contributed by atoms with Gasteiger partial charge in [-0.15, -0.1) is 0 Å². The molecule has 0 radical (unpaired) electrons. The normalized spacial score (nSPS) is 15.8. The SMILES string of the molecule is Nc1ccnc2cc(-c3cccc(C4CCCC4)c3)nn12. The Hall–Kier alpha value is -2.36. The maximum Gasteiger partial charge on any atom is 0.157 e. The summed E-state index contributed by atoms with van der Waals surface area (Å²) in [7, 11) is 0. The fourth-order valence-electron chi connectivity index (χ4n) is 3.27. The van der Waals surface area contributed by atoms with Gasteiger partial charge in [0.25, 0.3) is 0 Å². The van der Waals surface area contributed by atoms with Gasteiger partial charge in [0.05, 0.1) is 5.69 Å². The van der Waals surface area contributed by atoms with Crippen molar-refractivity contribution in [3.63, 3.8) is 0 Å². The van der Waals surface area contributed by atoms with E-state index < -0.39 is 0 Å². The molecule has 4 rings (SSSR count). The molecule has 21 heavy (non-hydrogen) atoms. The summed E-state index contributed by atoms with van der Waals surface area (Å²) in [5.41, 5.74) is 10.2. The number of benzene rings is 1. The molecular formula is C17H18N4. The molecule has 0 aliphatic heterocycles. The van der Waals surface area contributed by atoms with Crippen molar-refractivity contribution in [1.82, 2.24) is 14.6 Å². The molecule has 0 atom stereocenters. The second-order valence-electron chi connectivity index (χ2n) is 5.78. The molecule has 0 unspecified atom stereocenters. The Morgan fingerprint density at radius 1 is 1.10 bits per heavy atom. The third-order valence-electron chi connectivity index (χ3n) is 4.40. The molecule has 2 aromatic heterocycles. The van der Waals surface area contributed by atoms with Crippen LogP contribution in [0.5, 0.6) is 0 Å². The fraction of sp³-hybridized carbons (Fsp3) is 0.294. The van der Waals surface area contributed by atoms with Crippen molar-refractivity contribution in [2.24, 2.45) is 0 Å². The van der Waals surface area contributed by atoms with Gasteiger partial charge in [-0.25, -0.2) is 4.98 Å². The Kier molecular flexibility index (Phi) is 2.88. The van der Waals surface area contributed by atoms with Crippen LogP contribution in [0.15, 0.2) is 42.6 Å². The van der Waals surface area contributed by atoms with Crippen molar-refractivity contribution >= 4 is 11.5 Å². The highest BCUT2D eigenvalue weighted by Crippen LogP contribution is 2.35. The predicted octanol–water partition coefficient (Wildman–Crippen LogP) is 3.64. The lowest BCUT2D eigenvalue weighted by Gasteiger charge is -2.10. The number of nitrogen functional groups attached to an aromatic ring is 1. The van der Waals surface area contributed by atoms with Crippen molar-refractivity contribution in [2.45, 2.75) is 31.6 Å². The second kappa shape index (κ2) is 4.88. The van der Waals surface area contributed by atoms with Crippen LogP contribution in [0.25, 0.3) is 16.9 Å². The van der Waals surface area contributed by atoms with E-state index in [2.05, 4.69) is 34.3 Å². The summed E-state index contributed by atoms with van der Waals surface area (Å²) in [5, 5.41) is 4.58. The predicted molar refractivity (Wildman–Crippen MR) is 84.0 cm³/mol. The summed E-state index contributed by atoms with van der Waals surface area (Å²) in [6.45, 7) is 0. The van der Waals surface area contributed by atoms with Crippen molar-refractivity contribution in [2.75, 3.05) is 5.73 Å². The lowest BCUT2D eigenvalue weighted by molar-refractivity contribution is 0.723. The monoisotopic (exact) mass is 278 g/mol. The first-order valence-corrected chi connectivity index (χ1v) is 7.52. The molecule has 1 aliphatic carbocycles. The number of aromatic nitrogens is 3. The van der Waals surface area contributed by atoms with Crippen LogP contribution >= 0.6 is 0 Å². The maximum absolute atomic E-state index is 5.94. The summed E-state index contributed by atoms with van der Waals surface area (Å²) >= 11 is 0. The van der Waals surface area contributed by atoms with E-state index in [1.165, 1.54) is 31.2 Å². The zero-order valence-electron chi connectivity index (χ0n) is 11.9. The third-order valence-corrected chi connectivity index (χ3v) is 4.40. The number of nitrogens with two attached hydrogens (primary N) is 1. The maximum atomic E-state index is 5.94. The first kappa shape index (κ1) is 12.4. The standard InChI is InChI=1S/C17H18N4/c18-16-8-9-19-17-11-15(20-21(16)17)14-7-3-6-13(10-14)12-4-1-2-5-12/h3,6-12H,1-2,4-5,18H2. The van der Waals surface area contributed by atoms with E-state index in [0.717, 1.165) is 16.9 Å². The Morgan fingerprint density at radius 3 is 2.76 bits per heavy atom. The van der Waals surface area contributed by atoms with E-state index >= 15 is 0 Å². The van der Waals surface area contributed by atoms with Gasteiger partial charge in [0.1, 0.15) is 5.82 Å². The topological polar surface area (TPSA) is 56.2 Å². The molecule has 0 spiro atoms. The van der Waals surface area contributed by atoms with Crippen LogP contribution < -0.4 is 5.73 Å². The smallest absolute Gasteiger partial charge is 0.157 e. The highest BCUT2D eigenvalue weighted by Gasteiger charge is 2.17. The molecule has 2 N–H and O–H groups in total. The van der Waals surface area contributed by atoms with Crippen LogP contribution in [-0.4, -0.2) is 14.6 Å². The molecule has 4 nitrogen and oxygen atoms in total. The lowest BCUT2D eigenvalue weighted by atomic mass is 9.95. The van der Waals surface area contributed by atoms with Gasteiger partial charge in [-0.05, 0) is 36.5 Å². The van der Waals surface area contributed by atoms with Crippen molar-refractivity contribution < 1.29 is 0 Å². The Balaban J connectivity index is 1.77. The van der Waals surface area contributed by atoms with Gasteiger partial charge in [-0.1, -0.05) is 31.0 Å².